The van der Waals surface area contributed by atoms with Gasteiger partial charge < -0.3 is 14.9 Å². The van der Waals surface area contributed by atoms with Gasteiger partial charge in [0, 0.05) is 21.7 Å². The van der Waals surface area contributed by atoms with Crippen LogP contribution in [0, 0.1) is 0 Å². The molecule has 0 radical (unpaired) electrons. The number of hydrogen-bond acceptors (Lipinski definition) is 4. The fourth-order valence-corrected chi connectivity index (χ4v) is 4.23. The van der Waals surface area contributed by atoms with Crippen molar-refractivity contribution in [3.05, 3.63) is 83.9 Å². The van der Waals surface area contributed by atoms with Gasteiger partial charge in [-0.25, -0.2) is 13.6 Å². The number of aliphatic carboxylic acids is 1. The Bertz CT molecular complexity index is 1260. The first kappa shape index (κ1) is 20.6. The highest BCUT2D eigenvalue weighted by Gasteiger charge is 2.17. The number of phenolic OH excluding ortho intramolecular Hbond substituents is 1. The summed E-state index contributed by atoms with van der Waals surface area (Å²) in [5, 5.41) is 19.4. The van der Waals surface area contributed by atoms with Crippen molar-refractivity contribution < 1.29 is 28.5 Å². The molecule has 3 aromatic carbocycles. The zero-order valence-electron chi connectivity index (χ0n) is 16.0. The standard InChI is InChI=1S/C24H16F2O4S/c25-24(26)16-6-4-15(5-7-16)23-22(19-11-8-17(27)13-20(19)31-23)30-18-9-1-14(2-10-18)3-12-21(28)29/h1-13,24,27H,(H,28,29). The van der Waals surface area contributed by atoms with E-state index >= 15 is 0 Å². The number of carboxylic acid groups (broad SMARTS) is 1. The minimum absolute atomic E-state index is 0.0602. The molecule has 0 unspecified atom stereocenters. The van der Waals surface area contributed by atoms with E-state index in [1.54, 1.807) is 54.6 Å². The Hall–Kier alpha value is -3.71. The third kappa shape index (κ3) is 4.57. The van der Waals surface area contributed by atoms with Gasteiger partial charge in [0.25, 0.3) is 6.43 Å². The molecule has 1 heterocycles. The first-order valence-corrected chi connectivity index (χ1v) is 10.1. The highest BCUT2D eigenvalue weighted by Crippen LogP contribution is 2.47. The Morgan fingerprint density at radius 1 is 1.00 bits per heavy atom. The maximum absolute atomic E-state index is 12.9. The first-order valence-electron chi connectivity index (χ1n) is 9.23. The largest absolute Gasteiger partial charge is 0.508 e. The molecule has 7 heteroatoms. The summed E-state index contributed by atoms with van der Waals surface area (Å²) >= 11 is 1.39. The second-order valence-corrected chi connectivity index (χ2v) is 7.76. The van der Waals surface area contributed by atoms with Gasteiger partial charge in [-0.05, 0) is 47.5 Å². The SMILES string of the molecule is O=C(O)C=Cc1ccc(Oc2c(-c3ccc(C(F)F)cc3)sc3cc(O)ccc23)cc1. The van der Waals surface area contributed by atoms with Crippen molar-refractivity contribution in [3.8, 4) is 27.7 Å². The second-order valence-electron chi connectivity index (χ2n) is 6.71. The molecule has 0 fully saturated rings. The maximum atomic E-state index is 12.9. The van der Waals surface area contributed by atoms with Crippen molar-refractivity contribution in [2.75, 3.05) is 0 Å². The van der Waals surface area contributed by atoms with Gasteiger partial charge in [-0.15, -0.1) is 11.3 Å². The third-order valence-electron chi connectivity index (χ3n) is 4.57. The van der Waals surface area contributed by atoms with Crippen LogP contribution in [0.2, 0.25) is 0 Å². The Balaban J connectivity index is 1.73. The number of rotatable bonds is 6. The Morgan fingerprint density at radius 3 is 2.35 bits per heavy atom. The van der Waals surface area contributed by atoms with Crippen LogP contribution in [0.25, 0.3) is 26.6 Å². The lowest BCUT2D eigenvalue weighted by Crippen LogP contribution is -1.88. The van der Waals surface area contributed by atoms with Crippen molar-refractivity contribution >= 4 is 33.5 Å². The second kappa shape index (κ2) is 8.57. The van der Waals surface area contributed by atoms with E-state index < -0.39 is 12.4 Å². The summed E-state index contributed by atoms with van der Waals surface area (Å²) in [5.74, 6) is 0.176. The molecule has 31 heavy (non-hydrogen) atoms. The summed E-state index contributed by atoms with van der Waals surface area (Å²) < 4.78 is 32.8. The topological polar surface area (TPSA) is 66.8 Å². The van der Waals surface area contributed by atoms with Gasteiger partial charge in [0.05, 0.1) is 4.88 Å². The van der Waals surface area contributed by atoms with Crippen LogP contribution in [0.4, 0.5) is 8.78 Å². The third-order valence-corrected chi connectivity index (χ3v) is 5.75. The van der Waals surface area contributed by atoms with Crippen LogP contribution in [0.5, 0.6) is 17.2 Å². The van der Waals surface area contributed by atoms with E-state index in [1.165, 1.54) is 29.5 Å². The number of halogens is 2. The van der Waals surface area contributed by atoms with Gasteiger partial charge in [0.2, 0.25) is 0 Å². The predicted molar refractivity (Wildman–Crippen MR) is 117 cm³/mol. The summed E-state index contributed by atoms with van der Waals surface area (Å²) in [5.41, 5.74) is 1.37. The van der Waals surface area contributed by atoms with Crippen LogP contribution in [0.15, 0.2) is 72.8 Å². The molecule has 0 aliphatic heterocycles. The van der Waals surface area contributed by atoms with Gasteiger partial charge in [-0.1, -0.05) is 36.4 Å². The molecule has 0 bridgehead atoms. The monoisotopic (exact) mass is 438 g/mol. The predicted octanol–water partition coefficient (Wildman–Crippen LogP) is 7.10. The van der Waals surface area contributed by atoms with E-state index in [9.17, 15) is 18.7 Å². The molecular weight excluding hydrogens is 422 g/mol. The number of aromatic hydroxyl groups is 1. The van der Waals surface area contributed by atoms with Crippen LogP contribution in [0.3, 0.4) is 0 Å². The van der Waals surface area contributed by atoms with Crippen molar-refractivity contribution in [1.82, 2.24) is 0 Å². The Kier molecular flexibility index (Phi) is 5.68. The Labute approximate surface area is 180 Å². The number of alkyl halides is 2. The molecule has 2 N–H and O–H groups in total. The number of thiophene rings is 1. The lowest BCUT2D eigenvalue weighted by Gasteiger charge is -2.09. The van der Waals surface area contributed by atoms with E-state index in [0.717, 1.165) is 26.6 Å². The number of carbonyl (C=O) groups is 1. The van der Waals surface area contributed by atoms with E-state index in [4.69, 9.17) is 9.84 Å². The number of fused-ring (bicyclic) bond motifs is 1. The summed E-state index contributed by atoms with van der Waals surface area (Å²) in [6.07, 6.45) is -0.0152. The number of phenols is 1. The molecule has 4 rings (SSSR count). The van der Waals surface area contributed by atoms with E-state index in [1.807, 2.05) is 0 Å². The zero-order valence-corrected chi connectivity index (χ0v) is 16.8. The lowest BCUT2D eigenvalue weighted by atomic mass is 10.1. The normalized spacial score (nSPS) is 11.5. The van der Waals surface area contributed by atoms with Crippen LogP contribution in [-0.2, 0) is 4.79 Å². The number of benzene rings is 3. The number of carboxylic acids is 1. The molecule has 0 aliphatic rings. The van der Waals surface area contributed by atoms with Crippen molar-refractivity contribution in [3.63, 3.8) is 0 Å². The molecule has 0 saturated carbocycles. The molecule has 4 nitrogen and oxygen atoms in total. The fraction of sp³-hybridized carbons (Fsp3) is 0.0417. The van der Waals surface area contributed by atoms with Gasteiger partial charge in [0.1, 0.15) is 11.5 Å². The summed E-state index contributed by atoms with van der Waals surface area (Å²) in [7, 11) is 0. The quantitative estimate of drug-likeness (QED) is 0.315. The van der Waals surface area contributed by atoms with Gasteiger partial charge in [-0.2, -0.15) is 0 Å². The molecule has 0 amide bonds. The Morgan fingerprint density at radius 2 is 1.71 bits per heavy atom. The first-order chi connectivity index (χ1) is 14.9. The number of ether oxygens (including phenoxy) is 1. The maximum Gasteiger partial charge on any atom is 0.328 e. The smallest absolute Gasteiger partial charge is 0.328 e. The van der Waals surface area contributed by atoms with Crippen LogP contribution in [-0.4, -0.2) is 16.2 Å². The minimum Gasteiger partial charge on any atom is -0.508 e. The summed E-state index contributed by atoms with van der Waals surface area (Å²) in [4.78, 5) is 11.4. The molecule has 0 aliphatic carbocycles. The molecule has 4 aromatic rings. The highest BCUT2D eigenvalue weighted by molar-refractivity contribution is 7.22. The average Bonchev–Trinajstić information content (AvgIpc) is 3.10. The van der Waals surface area contributed by atoms with E-state index in [-0.39, 0.29) is 11.3 Å². The zero-order chi connectivity index (χ0) is 22.0. The number of hydrogen-bond donors (Lipinski definition) is 2. The van der Waals surface area contributed by atoms with Crippen LogP contribution >= 0.6 is 11.3 Å². The molecule has 0 spiro atoms. The van der Waals surface area contributed by atoms with Gasteiger partial charge in [-0.3, -0.25) is 0 Å². The molecule has 0 saturated heterocycles. The van der Waals surface area contributed by atoms with E-state index in [2.05, 4.69) is 0 Å². The lowest BCUT2D eigenvalue weighted by molar-refractivity contribution is -0.131. The highest BCUT2D eigenvalue weighted by atomic mass is 32.1. The van der Waals surface area contributed by atoms with Gasteiger partial charge >= 0.3 is 5.97 Å². The average molecular weight is 438 g/mol. The summed E-state index contributed by atoms with van der Waals surface area (Å²) in [6, 6.07) is 17.8. The molecule has 156 valence electrons. The van der Waals surface area contributed by atoms with Crippen molar-refractivity contribution in [2.45, 2.75) is 6.43 Å². The summed E-state index contributed by atoms with van der Waals surface area (Å²) in [6.45, 7) is 0. The van der Waals surface area contributed by atoms with Crippen LogP contribution < -0.4 is 4.74 Å². The van der Waals surface area contributed by atoms with Gasteiger partial charge in [0.15, 0.2) is 5.75 Å². The molecule has 1 aromatic heterocycles. The van der Waals surface area contributed by atoms with Crippen LogP contribution in [0.1, 0.15) is 17.6 Å². The van der Waals surface area contributed by atoms with Crippen molar-refractivity contribution in [2.24, 2.45) is 0 Å². The van der Waals surface area contributed by atoms with Crippen molar-refractivity contribution in [1.29, 1.82) is 0 Å². The minimum atomic E-state index is -2.54. The molecular formula is C24H16F2O4S. The molecule has 0 atom stereocenters. The van der Waals surface area contributed by atoms with E-state index in [0.29, 0.717) is 17.1 Å². The fourth-order valence-electron chi connectivity index (χ4n) is 3.07.